The number of nitrogens with zero attached hydrogens (tertiary/aromatic N) is 2. The Morgan fingerprint density at radius 1 is 1.30 bits per heavy atom. The van der Waals surface area contributed by atoms with Crippen molar-refractivity contribution in [3.05, 3.63) is 64.7 Å². The first-order valence-corrected chi connectivity index (χ1v) is 7.91. The SMILES string of the molecule is C=C1N=c2[nH]c(C)cc2=CN1c1ccc(CNCCCN)cc1. The zero-order valence-corrected chi connectivity index (χ0v) is 13.5. The molecule has 0 spiro atoms. The first-order chi connectivity index (χ1) is 11.2. The molecule has 0 fully saturated rings. The van der Waals surface area contributed by atoms with Gasteiger partial charge in [0.1, 0.15) is 11.3 Å². The number of hydrogen-bond acceptors (Lipinski definition) is 4. The predicted octanol–water partition coefficient (Wildman–Crippen LogP) is 1.11. The first kappa shape index (κ1) is 15.5. The summed E-state index contributed by atoms with van der Waals surface area (Å²) < 4.78 is 0. The highest BCUT2D eigenvalue weighted by molar-refractivity contribution is 5.64. The van der Waals surface area contributed by atoms with Gasteiger partial charge in [-0.05, 0) is 50.2 Å². The molecule has 3 rings (SSSR count). The Balaban J connectivity index is 1.75. The number of H-pyrrole nitrogens is 1. The van der Waals surface area contributed by atoms with Crippen molar-refractivity contribution >= 4 is 11.9 Å². The Kier molecular flexibility index (Phi) is 4.60. The average molecular weight is 309 g/mol. The summed E-state index contributed by atoms with van der Waals surface area (Å²) in [6.07, 6.45) is 3.07. The molecule has 23 heavy (non-hydrogen) atoms. The molecule has 5 nitrogen and oxygen atoms in total. The fourth-order valence-corrected chi connectivity index (χ4v) is 2.64. The fraction of sp³-hybridized carbons (Fsp3) is 0.278. The summed E-state index contributed by atoms with van der Waals surface area (Å²) in [4.78, 5) is 9.79. The molecule has 0 saturated heterocycles. The highest BCUT2D eigenvalue weighted by atomic mass is 15.2. The van der Waals surface area contributed by atoms with Crippen LogP contribution in [0.5, 0.6) is 0 Å². The van der Waals surface area contributed by atoms with Gasteiger partial charge in [-0.1, -0.05) is 18.7 Å². The van der Waals surface area contributed by atoms with Crippen LogP contribution in [0, 0.1) is 6.92 Å². The number of aromatic nitrogens is 1. The number of aryl methyl sites for hydroxylation is 1. The Labute approximate surface area is 136 Å². The van der Waals surface area contributed by atoms with Crippen LogP contribution in [0.3, 0.4) is 0 Å². The van der Waals surface area contributed by atoms with E-state index < -0.39 is 0 Å². The lowest BCUT2D eigenvalue weighted by Gasteiger charge is -2.21. The van der Waals surface area contributed by atoms with E-state index in [0.717, 1.165) is 48.1 Å². The molecule has 1 aliphatic rings. The summed E-state index contributed by atoms with van der Waals surface area (Å²) in [7, 11) is 0. The summed E-state index contributed by atoms with van der Waals surface area (Å²) in [5.74, 6) is 0.716. The molecule has 120 valence electrons. The molecule has 0 amide bonds. The van der Waals surface area contributed by atoms with Crippen LogP contribution in [-0.2, 0) is 6.54 Å². The van der Waals surface area contributed by atoms with E-state index >= 15 is 0 Å². The van der Waals surface area contributed by atoms with Gasteiger partial charge in [-0.25, -0.2) is 4.99 Å². The van der Waals surface area contributed by atoms with E-state index in [1.54, 1.807) is 0 Å². The lowest BCUT2D eigenvalue weighted by Crippen LogP contribution is -2.33. The maximum absolute atomic E-state index is 5.49. The van der Waals surface area contributed by atoms with E-state index in [2.05, 4.69) is 58.4 Å². The number of nitrogens with one attached hydrogen (secondary N) is 2. The zero-order chi connectivity index (χ0) is 16.2. The summed E-state index contributed by atoms with van der Waals surface area (Å²) >= 11 is 0. The molecule has 5 heteroatoms. The summed E-state index contributed by atoms with van der Waals surface area (Å²) in [6, 6.07) is 10.5. The molecular formula is C18H23N5. The van der Waals surface area contributed by atoms with Crippen molar-refractivity contribution in [1.82, 2.24) is 10.3 Å². The van der Waals surface area contributed by atoms with Gasteiger partial charge in [-0.2, -0.15) is 0 Å². The first-order valence-electron chi connectivity index (χ1n) is 7.91. The number of fused-ring (bicyclic) bond motifs is 1. The normalized spacial score (nSPS) is 13.5. The quantitative estimate of drug-likeness (QED) is 0.700. The van der Waals surface area contributed by atoms with Gasteiger partial charge in [-0.15, -0.1) is 0 Å². The Hall–Kier alpha value is -2.37. The highest BCUT2D eigenvalue weighted by Crippen LogP contribution is 2.21. The molecule has 2 aromatic rings. The minimum atomic E-state index is 0.716. The summed E-state index contributed by atoms with van der Waals surface area (Å²) in [5, 5.41) is 4.47. The van der Waals surface area contributed by atoms with E-state index in [1.807, 2.05) is 11.8 Å². The number of hydrogen-bond donors (Lipinski definition) is 3. The van der Waals surface area contributed by atoms with Crippen LogP contribution >= 0.6 is 0 Å². The molecule has 1 aliphatic heterocycles. The van der Waals surface area contributed by atoms with Crippen LogP contribution in [0.2, 0.25) is 0 Å². The van der Waals surface area contributed by atoms with Crippen molar-refractivity contribution < 1.29 is 0 Å². The van der Waals surface area contributed by atoms with Crippen LogP contribution in [0.4, 0.5) is 5.69 Å². The molecule has 2 heterocycles. The number of aromatic amines is 1. The topological polar surface area (TPSA) is 69.4 Å². The minimum absolute atomic E-state index is 0.716. The Bertz CT molecular complexity index is 801. The molecule has 4 N–H and O–H groups in total. The van der Waals surface area contributed by atoms with Crippen molar-refractivity contribution in [3.63, 3.8) is 0 Å². The molecule has 1 aromatic carbocycles. The molecule has 1 aromatic heterocycles. The third-order valence-corrected chi connectivity index (χ3v) is 3.85. The summed E-state index contributed by atoms with van der Waals surface area (Å²) in [5.41, 5.74) is 9.79. The lowest BCUT2D eigenvalue weighted by atomic mass is 10.2. The van der Waals surface area contributed by atoms with Crippen molar-refractivity contribution in [3.8, 4) is 0 Å². The number of anilines is 1. The number of rotatable bonds is 6. The van der Waals surface area contributed by atoms with Crippen LogP contribution < -0.4 is 26.7 Å². The molecule has 0 radical (unpaired) electrons. The van der Waals surface area contributed by atoms with Crippen LogP contribution in [0.15, 0.2) is 47.7 Å². The zero-order valence-electron chi connectivity index (χ0n) is 13.5. The highest BCUT2D eigenvalue weighted by Gasteiger charge is 2.12. The smallest absolute Gasteiger partial charge is 0.141 e. The lowest BCUT2D eigenvalue weighted by molar-refractivity contribution is 0.655. The molecule has 0 bridgehead atoms. The van der Waals surface area contributed by atoms with Crippen molar-refractivity contribution in [2.45, 2.75) is 19.9 Å². The van der Waals surface area contributed by atoms with E-state index in [-0.39, 0.29) is 0 Å². The third kappa shape index (κ3) is 3.52. The van der Waals surface area contributed by atoms with Gasteiger partial charge < -0.3 is 20.9 Å². The average Bonchev–Trinajstić information content (AvgIpc) is 2.90. The van der Waals surface area contributed by atoms with Crippen molar-refractivity contribution in [1.29, 1.82) is 0 Å². The number of nitrogens with two attached hydrogens (primary N) is 1. The second-order valence-corrected chi connectivity index (χ2v) is 5.77. The van der Waals surface area contributed by atoms with Crippen LogP contribution in [0.1, 0.15) is 17.7 Å². The fourth-order valence-electron chi connectivity index (χ4n) is 2.64. The molecule has 0 atom stereocenters. The standard InChI is InChI=1S/C18H23N5/c1-13-10-16-12-23(14(2)22-18(16)21-13)17-6-4-15(5-7-17)11-20-9-3-8-19/h4-7,10,12,20H,2-3,8-9,11,19H2,1H3,(H,21,22). The van der Waals surface area contributed by atoms with Gasteiger partial charge in [0.15, 0.2) is 0 Å². The van der Waals surface area contributed by atoms with E-state index in [4.69, 9.17) is 5.73 Å². The molecule has 0 unspecified atom stereocenters. The van der Waals surface area contributed by atoms with Gasteiger partial charge in [0.25, 0.3) is 0 Å². The third-order valence-electron chi connectivity index (χ3n) is 3.85. The Morgan fingerprint density at radius 3 is 2.83 bits per heavy atom. The molecule has 0 aliphatic carbocycles. The maximum Gasteiger partial charge on any atom is 0.141 e. The second kappa shape index (κ2) is 6.81. The monoisotopic (exact) mass is 309 g/mol. The minimum Gasteiger partial charge on any atom is -0.343 e. The van der Waals surface area contributed by atoms with Gasteiger partial charge in [-0.3, -0.25) is 0 Å². The number of benzene rings is 1. The molecule has 0 saturated carbocycles. The van der Waals surface area contributed by atoms with Crippen LogP contribution in [0.25, 0.3) is 6.20 Å². The van der Waals surface area contributed by atoms with Crippen LogP contribution in [-0.4, -0.2) is 18.1 Å². The van der Waals surface area contributed by atoms with Gasteiger partial charge in [0.05, 0.1) is 0 Å². The predicted molar refractivity (Wildman–Crippen MR) is 94.2 cm³/mol. The van der Waals surface area contributed by atoms with E-state index in [9.17, 15) is 0 Å². The van der Waals surface area contributed by atoms with E-state index in [1.165, 1.54) is 5.56 Å². The van der Waals surface area contributed by atoms with E-state index in [0.29, 0.717) is 5.82 Å². The van der Waals surface area contributed by atoms with Gasteiger partial charge in [0, 0.05) is 29.3 Å². The van der Waals surface area contributed by atoms with Crippen molar-refractivity contribution in [2.75, 3.05) is 18.0 Å². The largest absolute Gasteiger partial charge is 0.343 e. The Morgan fingerprint density at radius 2 is 2.09 bits per heavy atom. The van der Waals surface area contributed by atoms with Crippen molar-refractivity contribution in [2.24, 2.45) is 10.7 Å². The van der Waals surface area contributed by atoms with Gasteiger partial charge in [0.2, 0.25) is 0 Å². The van der Waals surface area contributed by atoms with Gasteiger partial charge >= 0.3 is 0 Å². The maximum atomic E-state index is 5.49. The summed E-state index contributed by atoms with van der Waals surface area (Å²) in [6.45, 7) is 8.62. The second-order valence-electron chi connectivity index (χ2n) is 5.77. The molecular weight excluding hydrogens is 286 g/mol.